The van der Waals surface area contributed by atoms with E-state index in [1.807, 2.05) is 13.0 Å². The molecule has 1 fully saturated rings. The van der Waals surface area contributed by atoms with Crippen LogP contribution in [0, 0.1) is 12.8 Å². The number of hydrogen-bond acceptors (Lipinski definition) is 3. The lowest BCUT2D eigenvalue weighted by Gasteiger charge is -2.24. The Balaban J connectivity index is 1.68. The average Bonchev–Trinajstić information content (AvgIpc) is 2.73. The summed E-state index contributed by atoms with van der Waals surface area (Å²) in [5.41, 5.74) is 0. The van der Waals surface area contributed by atoms with Gasteiger partial charge in [0.2, 0.25) is 0 Å². The van der Waals surface area contributed by atoms with Crippen molar-refractivity contribution in [3.05, 3.63) is 23.7 Å². The summed E-state index contributed by atoms with van der Waals surface area (Å²) < 4.78 is 5.59. The molecule has 1 aliphatic rings. The number of rotatable bonds is 5. The van der Waals surface area contributed by atoms with Gasteiger partial charge in [-0.3, -0.25) is 4.90 Å². The highest BCUT2D eigenvalue weighted by molar-refractivity contribution is 5.05. The lowest BCUT2D eigenvalue weighted by atomic mass is 9.94. The topological polar surface area (TPSA) is 28.4 Å². The molecule has 2 rings (SSSR count). The lowest BCUT2D eigenvalue weighted by Crippen LogP contribution is -2.30. The Labute approximate surface area is 104 Å². The van der Waals surface area contributed by atoms with E-state index in [0.717, 1.165) is 24.0 Å². The first kappa shape index (κ1) is 12.7. The summed E-state index contributed by atoms with van der Waals surface area (Å²) in [5.74, 6) is 3.00. The van der Waals surface area contributed by atoms with Gasteiger partial charge in [-0.05, 0) is 70.9 Å². The molecule has 1 aromatic rings. The maximum atomic E-state index is 5.59. The monoisotopic (exact) mass is 236 g/mol. The highest BCUT2D eigenvalue weighted by atomic mass is 16.3. The van der Waals surface area contributed by atoms with E-state index in [1.165, 1.54) is 38.9 Å². The summed E-state index contributed by atoms with van der Waals surface area (Å²) >= 11 is 0. The van der Waals surface area contributed by atoms with E-state index in [-0.39, 0.29) is 0 Å². The van der Waals surface area contributed by atoms with Crippen LogP contribution < -0.4 is 5.32 Å². The Kier molecular flexibility index (Phi) is 4.63. The fourth-order valence-corrected chi connectivity index (χ4v) is 2.49. The van der Waals surface area contributed by atoms with Crippen molar-refractivity contribution in [1.82, 2.24) is 10.2 Å². The maximum absolute atomic E-state index is 5.59. The summed E-state index contributed by atoms with van der Waals surface area (Å²) in [6.07, 6.45) is 4.00. The molecule has 0 bridgehead atoms. The summed E-state index contributed by atoms with van der Waals surface area (Å²) in [4.78, 5) is 2.36. The Morgan fingerprint density at radius 2 is 2.12 bits per heavy atom. The van der Waals surface area contributed by atoms with Crippen LogP contribution in [0.1, 0.15) is 30.8 Å². The second-order valence-corrected chi connectivity index (χ2v) is 5.23. The van der Waals surface area contributed by atoms with Crippen LogP contribution in [-0.2, 0) is 6.54 Å². The molecule has 17 heavy (non-hydrogen) atoms. The molecule has 0 aromatic carbocycles. The fourth-order valence-electron chi connectivity index (χ4n) is 2.49. The van der Waals surface area contributed by atoms with Crippen molar-refractivity contribution >= 4 is 0 Å². The van der Waals surface area contributed by atoms with Gasteiger partial charge >= 0.3 is 0 Å². The van der Waals surface area contributed by atoms with E-state index in [9.17, 15) is 0 Å². The van der Waals surface area contributed by atoms with Crippen LogP contribution in [-0.4, -0.2) is 31.6 Å². The highest BCUT2D eigenvalue weighted by Crippen LogP contribution is 2.17. The number of nitrogens with zero attached hydrogens (tertiary/aromatic N) is 1. The van der Waals surface area contributed by atoms with Crippen LogP contribution in [0.3, 0.4) is 0 Å². The van der Waals surface area contributed by atoms with E-state index in [1.54, 1.807) is 0 Å². The van der Waals surface area contributed by atoms with Gasteiger partial charge in [0.15, 0.2) is 0 Å². The van der Waals surface area contributed by atoms with Crippen molar-refractivity contribution in [2.45, 2.75) is 32.7 Å². The zero-order chi connectivity index (χ0) is 12.1. The fraction of sp³-hybridized carbons (Fsp3) is 0.714. The van der Waals surface area contributed by atoms with E-state index in [2.05, 4.69) is 23.3 Å². The largest absolute Gasteiger partial charge is 0.465 e. The molecule has 0 radical (unpaired) electrons. The first-order valence-electron chi connectivity index (χ1n) is 6.68. The molecule has 0 aliphatic carbocycles. The average molecular weight is 236 g/mol. The van der Waals surface area contributed by atoms with E-state index in [0.29, 0.717) is 0 Å². The minimum absolute atomic E-state index is 0.914. The van der Waals surface area contributed by atoms with E-state index >= 15 is 0 Å². The van der Waals surface area contributed by atoms with Crippen molar-refractivity contribution in [2.24, 2.45) is 5.92 Å². The summed E-state index contributed by atoms with van der Waals surface area (Å²) in [5, 5.41) is 3.42. The van der Waals surface area contributed by atoms with Crippen LogP contribution in [0.4, 0.5) is 0 Å². The third-order valence-electron chi connectivity index (χ3n) is 3.60. The molecule has 1 N–H and O–H groups in total. The van der Waals surface area contributed by atoms with Gasteiger partial charge in [-0.2, -0.15) is 0 Å². The third kappa shape index (κ3) is 4.17. The molecule has 1 aliphatic heterocycles. The molecule has 3 heteroatoms. The molecular formula is C14H24N2O. The first-order valence-corrected chi connectivity index (χ1v) is 6.68. The predicted molar refractivity (Wildman–Crippen MR) is 70.0 cm³/mol. The molecule has 0 spiro atoms. The Morgan fingerprint density at radius 1 is 1.35 bits per heavy atom. The number of aryl methyl sites for hydroxylation is 1. The Hall–Kier alpha value is -0.800. The van der Waals surface area contributed by atoms with Gasteiger partial charge in [0, 0.05) is 0 Å². The van der Waals surface area contributed by atoms with Gasteiger partial charge in [0.05, 0.1) is 6.54 Å². The summed E-state index contributed by atoms with van der Waals surface area (Å²) in [7, 11) is 2.18. The lowest BCUT2D eigenvalue weighted by molar-refractivity contribution is 0.250. The number of piperidine rings is 1. The van der Waals surface area contributed by atoms with Crippen molar-refractivity contribution in [3.8, 4) is 0 Å². The molecule has 3 nitrogen and oxygen atoms in total. The first-order chi connectivity index (χ1) is 8.24. The van der Waals surface area contributed by atoms with Crippen molar-refractivity contribution in [2.75, 3.05) is 26.7 Å². The maximum Gasteiger partial charge on any atom is 0.118 e. The number of hydrogen-bond donors (Lipinski definition) is 1. The van der Waals surface area contributed by atoms with Gasteiger partial charge in [0.25, 0.3) is 0 Å². The molecule has 0 amide bonds. The Bertz CT molecular complexity index is 329. The normalized spacial score (nSPS) is 17.8. The smallest absolute Gasteiger partial charge is 0.118 e. The predicted octanol–water partition coefficient (Wildman–Crippen LogP) is 2.41. The van der Waals surface area contributed by atoms with Crippen LogP contribution in [0.5, 0.6) is 0 Å². The second-order valence-electron chi connectivity index (χ2n) is 5.23. The molecule has 0 atom stereocenters. The molecule has 0 saturated carbocycles. The minimum Gasteiger partial charge on any atom is -0.465 e. The van der Waals surface area contributed by atoms with Crippen molar-refractivity contribution in [3.63, 3.8) is 0 Å². The highest BCUT2D eigenvalue weighted by Gasteiger charge is 2.13. The van der Waals surface area contributed by atoms with Gasteiger partial charge in [-0.25, -0.2) is 0 Å². The number of furan rings is 1. The number of nitrogens with one attached hydrogen (secondary N) is 1. The molecule has 2 heterocycles. The molecule has 1 saturated heterocycles. The van der Waals surface area contributed by atoms with Crippen molar-refractivity contribution < 1.29 is 4.42 Å². The molecule has 96 valence electrons. The summed E-state index contributed by atoms with van der Waals surface area (Å²) in [6.45, 7) is 6.50. The SMILES string of the molecule is Cc1ccc(CN(C)CCC2CCNCC2)o1. The Morgan fingerprint density at radius 3 is 2.76 bits per heavy atom. The third-order valence-corrected chi connectivity index (χ3v) is 3.60. The van der Waals surface area contributed by atoms with Gasteiger partial charge in [0.1, 0.15) is 11.5 Å². The van der Waals surface area contributed by atoms with Crippen LogP contribution in [0.2, 0.25) is 0 Å². The van der Waals surface area contributed by atoms with Crippen molar-refractivity contribution in [1.29, 1.82) is 0 Å². The van der Waals surface area contributed by atoms with E-state index in [4.69, 9.17) is 4.42 Å². The van der Waals surface area contributed by atoms with Crippen LogP contribution >= 0.6 is 0 Å². The summed E-state index contributed by atoms with van der Waals surface area (Å²) in [6, 6.07) is 4.12. The zero-order valence-corrected chi connectivity index (χ0v) is 11.0. The van der Waals surface area contributed by atoms with Crippen LogP contribution in [0.25, 0.3) is 0 Å². The minimum atomic E-state index is 0.914. The van der Waals surface area contributed by atoms with Gasteiger partial charge in [-0.1, -0.05) is 0 Å². The quantitative estimate of drug-likeness (QED) is 0.851. The molecular weight excluding hydrogens is 212 g/mol. The van der Waals surface area contributed by atoms with Crippen LogP contribution in [0.15, 0.2) is 16.5 Å². The zero-order valence-electron chi connectivity index (χ0n) is 11.0. The standard InChI is InChI=1S/C14H24N2O/c1-12-3-4-14(17-12)11-16(2)10-7-13-5-8-15-9-6-13/h3-4,13,15H,5-11H2,1-2H3. The van der Waals surface area contributed by atoms with Gasteiger partial charge < -0.3 is 9.73 Å². The van der Waals surface area contributed by atoms with E-state index < -0.39 is 0 Å². The molecule has 1 aromatic heterocycles. The molecule has 0 unspecified atom stereocenters. The van der Waals surface area contributed by atoms with Gasteiger partial charge in [-0.15, -0.1) is 0 Å². The second kappa shape index (κ2) is 6.22.